The molecule has 2 amide bonds. The molecule has 3 aromatic rings. The standard InChI is InChI=1S/C30H36ClN3O4S/c1-4-19-32-30(36)27(5-2)33(20-18-24-12-8-6-9-13-24)29(35)22-34(28-21-25(31)17-16-23(28)3)39(37,38)26-14-10-7-11-15-26/h6-17,21,27H,4-5,18-20,22H2,1-3H3,(H,32,36). The van der Waals surface area contributed by atoms with E-state index in [0.29, 0.717) is 35.7 Å². The fourth-order valence-corrected chi connectivity index (χ4v) is 6.00. The van der Waals surface area contributed by atoms with Gasteiger partial charge < -0.3 is 10.2 Å². The van der Waals surface area contributed by atoms with Crippen molar-refractivity contribution in [2.24, 2.45) is 0 Å². The highest BCUT2D eigenvalue weighted by Crippen LogP contribution is 2.30. The number of sulfonamides is 1. The lowest BCUT2D eigenvalue weighted by atomic mass is 10.1. The first-order valence-corrected chi connectivity index (χ1v) is 15.0. The molecule has 1 atom stereocenters. The van der Waals surface area contributed by atoms with Crippen LogP contribution < -0.4 is 9.62 Å². The Balaban J connectivity index is 2.02. The van der Waals surface area contributed by atoms with Crippen molar-refractivity contribution in [2.45, 2.75) is 51.0 Å². The third-order valence-electron chi connectivity index (χ3n) is 6.47. The molecule has 0 spiro atoms. The Morgan fingerprint density at radius 1 is 0.949 bits per heavy atom. The van der Waals surface area contributed by atoms with Gasteiger partial charge in [0.15, 0.2) is 0 Å². The second-order valence-corrected chi connectivity index (χ2v) is 11.6. The third-order valence-corrected chi connectivity index (χ3v) is 8.48. The first-order valence-electron chi connectivity index (χ1n) is 13.1. The lowest BCUT2D eigenvalue weighted by Crippen LogP contribution is -2.53. The van der Waals surface area contributed by atoms with E-state index < -0.39 is 28.5 Å². The maximum Gasteiger partial charge on any atom is 0.264 e. The van der Waals surface area contributed by atoms with Crippen LogP contribution in [0.5, 0.6) is 0 Å². The summed E-state index contributed by atoms with van der Waals surface area (Å²) in [4.78, 5) is 28.7. The Kier molecular flexibility index (Phi) is 10.9. The van der Waals surface area contributed by atoms with E-state index in [1.54, 1.807) is 43.3 Å². The van der Waals surface area contributed by atoms with Crippen LogP contribution in [-0.4, -0.2) is 50.8 Å². The molecule has 0 fully saturated rings. The minimum absolute atomic E-state index is 0.0562. The molecule has 9 heteroatoms. The molecule has 0 saturated carbocycles. The van der Waals surface area contributed by atoms with Crippen molar-refractivity contribution in [2.75, 3.05) is 23.9 Å². The zero-order valence-corrected chi connectivity index (χ0v) is 24.2. The van der Waals surface area contributed by atoms with Gasteiger partial charge in [0.25, 0.3) is 10.0 Å². The number of aryl methyl sites for hydroxylation is 1. The number of carbonyl (C=O) groups excluding carboxylic acids is 2. The molecule has 7 nitrogen and oxygen atoms in total. The summed E-state index contributed by atoms with van der Waals surface area (Å²) in [5, 5.41) is 3.24. The maximum absolute atomic E-state index is 14.0. The molecule has 0 radical (unpaired) electrons. The fraction of sp³-hybridized carbons (Fsp3) is 0.333. The number of anilines is 1. The Morgan fingerprint density at radius 2 is 1.59 bits per heavy atom. The van der Waals surface area contributed by atoms with Gasteiger partial charge in [0.2, 0.25) is 11.8 Å². The van der Waals surface area contributed by atoms with Gasteiger partial charge in [-0.2, -0.15) is 0 Å². The van der Waals surface area contributed by atoms with Crippen LogP contribution in [0.1, 0.15) is 37.8 Å². The molecule has 0 heterocycles. The molecular formula is C30H36ClN3O4S. The summed E-state index contributed by atoms with van der Waals surface area (Å²) in [5.41, 5.74) is 1.97. The lowest BCUT2D eigenvalue weighted by molar-refractivity contribution is -0.139. The number of amides is 2. The molecular weight excluding hydrogens is 534 g/mol. The van der Waals surface area contributed by atoms with Gasteiger partial charge in [-0.25, -0.2) is 8.42 Å². The molecule has 0 aliphatic carbocycles. The topological polar surface area (TPSA) is 86.8 Å². The number of rotatable bonds is 13. The van der Waals surface area contributed by atoms with Crippen molar-refractivity contribution in [1.82, 2.24) is 10.2 Å². The molecule has 3 aromatic carbocycles. The molecule has 3 rings (SSSR count). The summed E-state index contributed by atoms with van der Waals surface area (Å²) in [5.74, 6) is -0.722. The van der Waals surface area contributed by atoms with E-state index >= 15 is 0 Å². The van der Waals surface area contributed by atoms with Crippen LogP contribution in [0.4, 0.5) is 5.69 Å². The molecule has 1 unspecified atom stereocenters. The highest BCUT2D eigenvalue weighted by Gasteiger charge is 2.33. The van der Waals surface area contributed by atoms with E-state index in [2.05, 4.69) is 5.32 Å². The molecule has 0 saturated heterocycles. The average Bonchev–Trinajstić information content (AvgIpc) is 2.94. The van der Waals surface area contributed by atoms with Gasteiger partial charge in [-0.15, -0.1) is 0 Å². The van der Waals surface area contributed by atoms with Gasteiger partial charge >= 0.3 is 0 Å². The van der Waals surface area contributed by atoms with Crippen LogP contribution in [0.15, 0.2) is 83.8 Å². The van der Waals surface area contributed by atoms with Gasteiger partial charge in [0, 0.05) is 18.1 Å². The number of nitrogens with one attached hydrogen (secondary N) is 1. The number of carbonyl (C=O) groups is 2. The molecule has 0 aliphatic heterocycles. The number of halogens is 1. The summed E-state index contributed by atoms with van der Waals surface area (Å²) in [7, 11) is -4.13. The lowest BCUT2D eigenvalue weighted by Gasteiger charge is -2.33. The van der Waals surface area contributed by atoms with Gasteiger partial charge in [0.05, 0.1) is 10.6 Å². The zero-order chi connectivity index (χ0) is 28.4. The normalized spacial score (nSPS) is 12.0. The Labute approximate surface area is 236 Å². The van der Waals surface area contributed by atoms with Crippen molar-refractivity contribution in [1.29, 1.82) is 0 Å². The second kappa shape index (κ2) is 14.1. The minimum atomic E-state index is -4.13. The van der Waals surface area contributed by atoms with Crippen molar-refractivity contribution in [3.63, 3.8) is 0 Å². The molecule has 1 N–H and O–H groups in total. The Morgan fingerprint density at radius 3 is 2.21 bits per heavy atom. The first kappa shape index (κ1) is 30.2. The van der Waals surface area contributed by atoms with Gasteiger partial charge in [-0.1, -0.05) is 80.0 Å². The van der Waals surface area contributed by atoms with Gasteiger partial charge in [-0.05, 0) is 61.6 Å². The van der Waals surface area contributed by atoms with E-state index in [0.717, 1.165) is 16.3 Å². The third kappa shape index (κ3) is 7.83. The zero-order valence-electron chi connectivity index (χ0n) is 22.6. The SMILES string of the molecule is CCCNC(=O)C(CC)N(CCc1ccccc1)C(=O)CN(c1cc(Cl)ccc1C)S(=O)(=O)c1ccccc1. The minimum Gasteiger partial charge on any atom is -0.354 e. The smallest absolute Gasteiger partial charge is 0.264 e. The van der Waals surface area contributed by atoms with E-state index in [4.69, 9.17) is 11.6 Å². The monoisotopic (exact) mass is 569 g/mol. The summed E-state index contributed by atoms with van der Waals surface area (Å²) in [6.07, 6.45) is 1.67. The van der Waals surface area contributed by atoms with Crippen LogP contribution in [0.3, 0.4) is 0 Å². The highest BCUT2D eigenvalue weighted by molar-refractivity contribution is 7.92. The molecule has 0 aliphatic rings. The summed E-state index contributed by atoms with van der Waals surface area (Å²) in [6.45, 7) is 5.84. The second-order valence-electron chi connectivity index (χ2n) is 9.29. The van der Waals surface area contributed by atoms with E-state index in [-0.39, 0.29) is 17.3 Å². The van der Waals surface area contributed by atoms with Gasteiger partial charge in [0.1, 0.15) is 12.6 Å². The first-order chi connectivity index (χ1) is 18.7. The quantitative estimate of drug-likeness (QED) is 0.306. The van der Waals surface area contributed by atoms with E-state index in [9.17, 15) is 18.0 Å². The maximum atomic E-state index is 14.0. The van der Waals surface area contributed by atoms with Crippen LogP contribution in [0.25, 0.3) is 0 Å². The average molecular weight is 570 g/mol. The van der Waals surface area contributed by atoms with E-state index in [1.165, 1.54) is 17.0 Å². The summed E-state index contributed by atoms with van der Waals surface area (Å²) < 4.78 is 28.9. The molecule has 0 aromatic heterocycles. The van der Waals surface area contributed by atoms with Crippen molar-refractivity contribution >= 4 is 39.1 Å². The molecule has 208 valence electrons. The predicted molar refractivity (Wildman–Crippen MR) is 156 cm³/mol. The van der Waals surface area contributed by atoms with E-state index in [1.807, 2.05) is 44.2 Å². The van der Waals surface area contributed by atoms with Crippen molar-refractivity contribution in [3.8, 4) is 0 Å². The molecule has 0 bridgehead atoms. The predicted octanol–water partition coefficient (Wildman–Crippen LogP) is 5.22. The van der Waals surface area contributed by atoms with Crippen LogP contribution >= 0.6 is 11.6 Å². The van der Waals surface area contributed by atoms with Crippen LogP contribution in [0, 0.1) is 6.92 Å². The highest BCUT2D eigenvalue weighted by atomic mass is 35.5. The summed E-state index contributed by atoms with van der Waals surface area (Å²) >= 11 is 6.27. The molecule has 39 heavy (non-hydrogen) atoms. The Bertz CT molecular complexity index is 1350. The number of hydrogen-bond acceptors (Lipinski definition) is 4. The fourth-order valence-electron chi connectivity index (χ4n) is 4.35. The number of hydrogen-bond donors (Lipinski definition) is 1. The van der Waals surface area contributed by atoms with Crippen LogP contribution in [-0.2, 0) is 26.0 Å². The summed E-state index contributed by atoms with van der Waals surface area (Å²) in [6, 6.07) is 21.9. The Hall–Kier alpha value is -3.36. The largest absolute Gasteiger partial charge is 0.354 e. The number of benzene rings is 3. The van der Waals surface area contributed by atoms with Crippen molar-refractivity contribution in [3.05, 3.63) is 95.0 Å². The van der Waals surface area contributed by atoms with Crippen molar-refractivity contribution < 1.29 is 18.0 Å². The number of nitrogens with zero attached hydrogens (tertiary/aromatic N) is 2. The van der Waals surface area contributed by atoms with Crippen LogP contribution in [0.2, 0.25) is 5.02 Å². The van der Waals surface area contributed by atoms with Gasteiger partial charge in [-0.3, -0.25) is 13.9 Å².